The van der Waals surface area contributed by atoms with Gasteiger partial charge in [-0.05, 0) is 32.6 Å². The van der Waals surface area contributed by atoms with E-state index >= 15 is 0 Å². The molecule has 28 heavy (non-hydrogen) atoms. The van der Waals surface area contributed by atoms with Crippen molar-refractivity contribution in [3.63, 3.8) is 0 Å². The highest BCUT2D eigenvalue weighted by Crippen LogP contribution is 2.58. The predicted octanol–water partition coefficient (Wildman–Crippen LogP) is 3.22. The van der Waals surface area contributed by atoms with Gasteiger partial charge < -0.3 is 15.0 Å². The third kappa shape index (κ3) is 3.03. The number of carbonyl (C=O) groups is 1. The molecule has 7 heteroatoms. The number of nitrogens with zero attached hydrogens (tertiary/aromatic N) is 4. The van der Waals surface area contributed by atoms with Crippen molar-refractivity contribution in [2.24, 2.45) is 0 Å². The zero-order valence-corrected chi connectivity index (χ0v) is 16.4. The van der Waals surface area contributed by atoms with Crippen LogP contribution in [0.4, 0.5) is 17.3 Å². The van der Waals surface area contributed by atoms with Crippen LogP contribution in [0.1, 0.15) is 55.6 Å². The third-order valence-electron chi connectivity index (χ3n) is 6.02. The van der Waals surface area contributed by atoms with Gasteiger partial charge in [-0.15, -0.1) is 0 Å². The molecule has 2 fully saturated rings. The van der Waals surface area contributed by atoms with Gasteiger partial charge in [0.1, 0.15) is 17.5 Å². The van der Waals surface area contributed by atoms with E-state index in [0.717, 1.165) is 49.0 Å². The first-order valence-electron chi connectivity index (χ1n) is 10.0. The topological polar surface area (TPSA) is 80.2 Å². The summed E-state index contributed by atoms with van der Waals surface area (Å²) in [6, 6.07) is 4.03. The molecule has 1 saturated carbocycles. The summed E-state index contributed by atoms with van der Waals surface area (Å²) in [5.41, 5.74) is 3.52. The number of hydrogen-bond donors (Lipinski definition) is 1. The van der Waals surface area contributed by atoms with E-state index in [1.54, 1.807) is 0 Å². The second-order valence-corrected chi connectivity index (χ2v) is 8.27. The highest BCUT2D eigenvalue weighted by Gasteiger charge is 2.52. The van der Waals surface area contributed by atoms with Gasteiger partial charge in [0.25, 0.3) is 0 Å². The van der Waals surface area contributed by atoms with Gasteiger partial charge in [-0.25, -0.2) is 15.0 Å². The molecule has 146 valence electrons. The maximum Gasteiger partial charge on any atom is 0.222 e. The summed E-state index contributed by atoms with van der Waals surface area (Å²) in [5, 5.41) is 2.80. The first-order valence-corrected chi connectivity index (χ1v) is 10.0. The number of pyridine rings is 1. The molecule has 2 aromatic heterocycles. The normalized spacial score (nSPS) is 22.2. The van der Waals surface area contributed by atoms with Crippen LogP contribution < -0.4 is 10.2 Å². The molecular formula is C21H25N5O2. The maximum atomic E-state index is 11.5. The minimum absolute atomic E-state index is 0.115. The third-order valence-corrected chi connectivity index (χ3v) is 6.02. The lowest BCUT2D eigenvalue weighted by Crippen LogP contribution is -2.23. The molecule has 1 saturated heterocycles. The van der Waals surface area contributed by atoms with Crippen LogP contribution in [0.25, 0.3) is 0 Å². The van der Waals surface area contributed by atoms with Gasteiger partial charge in [0.2, 0.25) is 5.91 Å². The van der Waals surface area contributed by atoms with E-state index in [0.29, 0.717) is 12.4 Å². The fourth-order valence-corrected chi connectivity index (χ4v) is 4.42. The predicted molar refractivity (Wildman–Crippen MR) is 106 cm³/mol. The molecule has 1 spiro atoms. The lowest BCUT2D eigenvalue weighted by molar-refractivity contribution is -0.114. The summed E-state index contributed by atoms with van der Waals surface area (Å²) in [6.07, 6.45) is 6.40. The Balaban J connectivity index is 1.54. The van der Waals surface area contributed by atoms with Crippen LogP contribution in [0.5, 0.6) is 0 Å². The van der Waals surface area contributed by atoms with Crippen LogP contribution in [0.3, 0.4) is 0 Å². The highest BCUT2D eigenvalue weighted by molar-refractivity contribution is 5.89. The van der Waals surface area contributed by atoms with Crippen LogP contribution in [-0.2, 0) is 14.9 Å². The number of amides is 1. The van der Waals surface area contributed by atoms with Crippen LogP contribution in [0.15, 0.2) is 18.3 Å². The van der Waals surface area contributed by atoms with Gasteiger partial charge in [0, 0.05) is 61.0 Å². The quantitative estimate of drug-likeness (QED) is 0.882. The number of fused-ring (bicyclic) bond motifs is 2. The Hall–Kier alpha value is -2.54. The SMILES string of the molecule is CC(=O)Nc1cc2c(cn1)C1(CC1)CN2c1cc(C)nc(C2CCCOC2)n1. The number of ether oxygens (including phenoxy) is 1. The van der Waals surface area contributed by atoms with Crippen molar-refractivity contribution in [3.8, 4) is 0 Å². The van der Waals surface area contributed by atoms with E-state index < -0.39 is 0 Å². The van der Waals surface area contributed by atoms with Gasteiger partial charge >= 0.3 is 0 Å². The molecule has 3 aliphatic rings. The molecular weight excluding hydrogens is 354 g/mol. The summed E-state index contributed by atoms with van der Waals surface area (Å²) in [4.78, 5) is 27.9. The summed E-state index contributed by atoms with van der Waals surface area (Å²) in [6.45, 7) is 5.96. The average molecular weight is 379 g/mol. The van der Waals surface area contributed by atoms with Crippen molar-refractivity contribution in [2.45, 2.75) is 50.9 Å². The van der Waals surface area contributed by atoms with E-state index in [1.807, 2.05) is 19.2 Å². The van der Waals surface area contributed by atoms with Gasteiger partial charge in [-0.3, -0.25) is 4.79 Å². The van der Waals surface area contributed by atoms with E-state index in [4.69, 9.17) is 14.7 Å². The molecule has 2 aromatic rings. The van der Waals surface area contributed by atoms with Crippen molar-refractivity contribution in [3.05, 3.63) is 35.4 Å². The molecule has 0 aromatic carbocycles. The summed E-state index contributed by atoms with van der Waals surface area (Å²) < 4.78 is 5.65. The molecule has 1 N–H and O–H groups in total. The highest BCUT2D eigenvalue weighted by atomic mass is 16.5. The van der Waals surface area contributed by atoms with E-state index in [2.05, 4.69) is 21.3 Å². The van der Waals surface area contributed by atoms with Gasteiger partial charge in [-0.2, -0.15) is 0 Å². The zero-order valence-electron chi connectivity index (χ0n) is 16.4. The second kappa shape index (κ2) is 6.51. The monoisotopic (exact) mass is 379 g/mol. The lowest BCUT2D eigenvalue weighted by Gasteiger charge is -2.24. The Labute approximate surface area is 164 Å². The number of aromatic nitrogens is 3. The standard InChI is InChI=1S/C21H25N5O2/c1-13-8-19(25-20(23-13)15-4-3-7-28-11-15)26-12-21(5-6-21)16-10-22-18(9-17(16)26)24-14(2)27/h8-10,15H,3-7,11-12H2,1-2H3,(H,22,24,27). The minimum atomic E-state index is -0.115. The van der Waals surface area contributed by atoms with Crippen molar-refractivity contribution in [1.29, 1.82) is 0 Å². The van der Waals surface area contributed by atoms with E-state index in [9.17, 15) is 4.79 Å². The molecule has 1 aliphatic carbocycles. The molecule has 7 nitrogen and oxygen atoms in total. The van der Waals surface area contributed by atoms with Gasteiger partial charge in [0.05, 0.1) is 12.3 Å². The van der Waals surface area contributed by atoms with Crippen LogP contribution in [0, 0.1) is 6.92 Å². The van der Waals surface area contributed by atoms with Gasteiger partial charge in [-0.1, -0.05) is 0 Å². The molecule has 1 amide bonds. The first kappa shape index (κ1) is 17.6. The molecule has 5 rings (SSSR count). The van der Waals surface area contributed by atoms with Crippen molar-refractivity contribution in [1.82, 2.24) is 15.0 Å². The number of nitrogens with one attached hydrogen (secondary N) is 1. The zero-order chi connectivity index (χ0) is 19.3. The number of hydrogen-bond acceptors (Lipinski definition) is 6. The van der Waals surface area contributed by atoms with Crippen molar-refractivity contribution < 1.29 is 9.53 Å². The van der Waals surface area contributed by atoms with E-state index in [1.165, 1.54) is 25.3 Å². The first-order chi connectivity index (χ1) is 13.5. The van der Waals surface area contributed by atoms with Crippen LogP contribution in [-0.4, -0.2) is 40.6 Å². The summed E-state index contributed by atoms with van der Waals surface area (Å²) >= 11 is 0. The Morgan fingerprint density at radius 2 is 2.18 bits per heavy atom. The van der Waals surface area contributed by atoms with Crippen molar-refractivity contribution in [2.75, 3.05) is 30.0 Å². The largest absolute Gasteiger partial charge is 0.381 e. The summed E-state index contributed by atoms with van der Waals surface area (Å²) in [5.74, 6) is 2.54. The molecule has 4 heterocycles. The summed E-state index contributed by atoms with van der Waals surface area (Å²) in [7, 11) is 0. The maximum absolute atomic E-state index is 11.5. The van der Waals surface area contributed by atoms with E-state index in [-0.39, 0.29) is 17.2 Å². The Kier molecular flexibility index (Phi) is 4.08. The smallest absolute Gasteiger partial charge is 0.222 e. The molecule has 1 unspecified atom stereocenters. The Morgan fingerprint density at radius 3 is 2.89 bits per heavy atom. The Bertz CT molecular complexity index is 934. The van der Waals surface area contributed by atoms with Crippen molar-refractivity contribution >= 4 is 23.2 Å². The second-order valence-electron chi connectivity index (χ2n) is 8.27. The van der Waals surface area contributed by atoms with Crippen LogP contribution >= 0.6 is 0 Å². The molecule has 0 radical (unpaired) electrons. The lowest BCUT2D eigenvalue weighted by atomic mass is 10.0. The fourth-order valence-electron chi connectivity index (χ4n) is 4.42. The number of anilines is 3. The number of aryl methyl sites for hydroxylation is 1. The Morgan fingerprint density at radius 1 is 1.32 bits per heavy atom. The number of rotatable bonds is 3. The molecule has 2 aliphatic heterocycles. The number of carbonyl (C=O) groups excluding carboxylic acids is 1. The molecule has 1 atom stereocenters. The van der Waals surface area contributed by atoms with Crippen LogP contribution in [0.2, 0.25) is 0 Å². The minimum Gasteiger partial charge on any atom is -0.381 e. The fraction of sp³-hybridized carbons (Fsp3) is 0.524. The van der Waals surface area contributed by atoms with Gasteiger partial charge in [0.15, 0.2) is 0 Å². The average Bonchev–Trinajstić information content (AvgIpc) is 3.39. The molecule has 0 bridgehead atoms.